The van der Waals surface area contributed by atoms with Crippen LogP contribution in [0.15, 0.2) is 69.2 Å². The Hall–Kier alpha value is -2.38. The largest absolute Gasteiger partial charge is 0.422 e. The smallest absolute Gasteiger partial charge is 0.347 e. The van der Waals surface area contributed by atoms with Crippen molar-refractivity contribution in [1.29, 1.82) is 0 Å². The van der Waals surface area contributed by atoms with Crippen LogP contribution in [0.1, 0.15) is 10.4 Å². The second-order valence-electron chi connectivity index (χ2n) is 5.68. The van der Waals surface area contributed by atoms with E-state index in [4.69, 9.17) is 4.42 Å². The summed E-state index contributed by atoms with van der Waals surface area (Å²) in [5.41, 5.74) is -0.0456. The Balaban J connectivity index is 0.00000196. The first-order valence-corrected chi connectivity index (χ1v) is 8.71. The molecule has 2 aromatic carbocycles. The maximum absolute atomic E-state index is 12.5. The van der Waals surface area contributed by atoms with Crippen molar-refractivity contribution in [3.8, 4) is 0 Å². The minimum Gasteiger partial charge on any atom is -0.422 e. The Morgan fingerprint density at radius 2 is 2.00 bits per heavy atom. The predicted molar refractivity (Wildman–Crippen MR) is 109 cm³/mol. The van der Waals surface area contributed by atoms with E-state index in [1.54, 1.807) is 18.3 Å². The minimum atomic E-state index is -0.603. The Morgan fingerprint density at radius 1 is 1.19 bits per heavy atom. The van der Waals surface area contributed by atoms with E-state index in [9.17, 15) is 9.59 Å². The quantitative estimate of drug-likeness (QED) is 0.209. The summed E-state index contributed by atoms with van der Waals surface area (Å²) in [6.45, 7) is 0. The van der Waals surface area contributed by atoms with Gasteiger partial charge in [-0.1, -0.05) is 42.1 Å². The van der Waals surface area contributed by atoms with Crippen LogP contribution in [0.5, 0.6) is 0 Å². The van der Waals surface area contributed by atoms with Crippen LogP contribution in [0.2, 0.25) is 0 Å². The average Bonchev–Trinajstić information content (AvgIpc) is 3.04. The van der Waals surface area contributed by atoms with Gasteiger partial charge in [-0.25, -0.2) is 9.78 Å². The number of imidazole rings is 1. The molecule has 26 heavy (non-hydrogen) atoms. The second-order valence-corrected chi connectivity index (χ2v) is 6.62. The van der Waals surface area contributed by atoms with E-state index < -0.39 is 5.63 Å². The Labute approximate surface area is 163 Å². The number of thioether (sulfide) groups is 1. The molecule has 0 unspecified atom stereocenters. The third kappa shape index (κ3) is 3.32. The maximum Gasteiger partial charge on any atom is 0.347 e. The van der Waals surface area contributed by atoms with Gasteiger partial charge in [0.05, 0.1) is 5.75 Å². The minimum absolute atomic E-state index is 0. The van der Waals surface area contributed by atoms with Crippen molar-refractivity contribution in [1.82, 2.24) is 9.55 Å². The second kappa shape index (κ2) is 7.47. The molecule has 5 nitrogen and oxygen atoms in total. The highest BCUT2D eigenvalue weighted by Gasteiger charge is 2.16. The number of benzene rings is 2. The number of ketones is 1. The van der Waals surface area contributed by atoms with E-state index in [0.29, 0.717) is 5.58 Å². The number of Topliss-reactive ketones (excluding diaryl/α,β-unsaturated/α-hetero) is 1. The van der Waals surface area contributed by atoms with Crippen LogP contribution in [0, 0.1) is 0 Å². The first-order chi connectivity index (χ1) is 12.1. The van der Waals surface area contributed by atoms with Crippen molar-refractivity contribution >= 4 is 56.3 Å². The standard InChI is InChI=1S/C19H14N2O3S.BrH/c1-21-9-8-20-19(21)25-11-16(22)15-10-14-13-5-3-2-4-12(13)6-7-17(14)24-18(15)23;/h2-10H,11H2,1H3;1H. The molecule has 0 bridgehead atoms. The molecule has 2 aromatic heterocycles. The molecule has 0 fully saturated rings. The summed E-state index contributed by atoms with van der Waals surface area (Å²) in [6, 6.07) is 13.1. The highest BCUT2D eigenvalue weighted by atomic mass is 79.9. The third-order valence-electron chi connectivity index (χ3n) is 4.05. The van der Waals surface area contributed by atoms with Crippen molar-refractivity contribution in [2.24, 2.45) is 7.05 Å². The number of carbonyl (C=O) groups is 1. The molecule has 0 saturated carbocycles. The Kier molecular flexibility index (Phi) is 5.29. The number of hydrogen-bond donors (Lipinski definition) is 0. The van der Waals surface area contributed by atoms with Gasteiger partial charge in [0.1, 0.15) is 11.1 Å². The normalized spacial score (nSPS) is 10.8. The summed E-state index contributed by atoms with van der Waals surface area (Å²) >= 11 is 1.30. The first kappa shape index (κ1) is 18.4. The van der Waals surface area contributed by atoms with Crippen molar-refractivity contribution in [3.05, 3.63) is 70.8 Å². The van der Waals surface area contributed by atoms with Crippen molar-refractivity contribution in [2.75, 3.05) is 5.75 Å². The molecule has 0 atom stereocenters. The fourth-order valence-electron chi connectivity index (χ4n) is 2.76. The third-order valence-corrected chi connectivity index (χ3v) is 5.11. The molecule has 2 heterocycles. The lowest BCUT2D eigenvalue weighted by molar-refractivity contribution is 0.101. The molecule has 0 saturated heterocycles. The van der Waals surface area contributed by atoms with Crippen LogP contribution in [-0.2, 0) is 7.05 Å². The lowest BCUT2D eigenvalue weighted by Crippen LogP contribution is -2.15. The molecule has 4 aromatic rings. The zero-order valence-electron chi connectivity index (χ0n) is 13.8. The fourth-order valence-corrected chi connectivity index (χ4v) is 3.58. The van der Waals surface area contributed by atoms with Crippen LogP contribution < -0.4 is 5.63 Å². The number of rotatable bonds is 4. The zero-order valence-corrected chi connectivity index (χ0v) is 16.4. The number of hydrogen-bond acceptors (Lipinski definition) is 5. The zero-order chi connectivity index (χ0) is 17.4. The maximum atomic E-state index is 12.5. The van der Waals surface area contributed by atoms with Gasteiger partial charge in [0, 0.05) is 24.8 Å². The van der Waals surface area contributed by atoms with E-state index in [2.05, 4.69) is 4.98 Å². The molecular formula is C19H15BrN2O3S. The molecule has 0 N–H and O–H groups in total. The summed E-state index contributed by atoms with van der Waals surface area (Å²) in [4.78, 5) is 28.9. The van der Waals surface area contributed by atoms with Gasteiger partial charge < -0.3 is 8.98 Å². The number of aryl methyl sites for hydroxylation is 1. The van der Waals surface area contributed by atoms with Crippen LogP contribution >= 0.6 is 28.7 Å². The lowest BCUT2D eigenvalue weighted by atomic mass is 10.0. The van der Waals surface area contributed by atoms with Gasteiger partial charge >= 0.3 is 5.63 Å². The first-order valence-electron chi connectivity index (χ1n) is 7.72. The van der Waals surface area contributed by atoms with Crippen molar-refractivity contribution in [2.45, 2.75) is 5.16 Å². The van der Waals surface area contributed by atoms with Gasteiger partial charge in [0.2, 0.25) is 0 Å². The van der Waals surface area contributed by atoms with Gasteiger partial charge in [-0.3, -0.25) is 4.79 Å². The Bertz CT molecular complexity index is 1170. The Morgan fingerprint density at radius 3 is 2.77 bits per heavy atom. The van der Waals surface area contributed by atoms with Crippen LogP contribution in [0.25, 0.3) is 21.7 Å². The van der Waals surface area contributed by atoms with Crippen LogP contribution in [0.4, 0.5) is 0 Å². The molecule has 0 aliphatic carbocycles. The molecule has 0 amide bonds. The highest BCUT2D eigenvalue weighted by Crippen LogP contribution is 2.25. The van der Waals surface area contributed by atoms with Gasteiger partial charge in [-0.05, 0) is 22.9 Å². The molecule has 0 radical (unpaired) electrons. The molecule has 7 heteroatoms. The van der Waals surface area contributed by atoms with Crippen molar-refractivity contribution in [3.63, 3.8) is 0 Å². The van der Waals surface area contributed by atoms with Gasteiger partial charge in [-0.15, -0.1) is 17.0 Å². The van der Waals surface area contributed by atoms with Gasteiger partial charge in [-0.2, -0.15) is 0 Å². The van der Waals surface area contributed by atoms with Crippen LogP contribution in [-0.4, -0.2) is 21.1 Å². The number of nitrogens with zero attached hydrogens (tertiary/aromatic N) is 2. The number of fused-ring (bicyclic) bond motifs is 3. The van der Waals surface area contributed by atoms with E-state index in [1.807, 2.05) is 48.1 Å². The topological polar surface area (TPSA) is 65.1 Å². The number of halogens is 1. The number of carbonyl (C=O) groups excluding carboxylic acids is 1. The summed E-state index contributed by atoms with van der Waals surface area (Å²) < 4.78 is 7.20. The van der Waals surface area contributed by atoms with Crippen LogP contribution in [0.3, 0.4) is 0 Å². The summed E-state index contributed by atoms with van der Waals surface area (Å²) in [5.74, 6) is -0.136. The summed E-state index contributed by atoms with van der Waals surface area (Å²) in [7, 11) is 1.86. The van der Waals surface area contributed by atoms with Gasteiger partial charge in [0.25, 0.3) is 0 Å². The van der Waals surface area contributed by atoms with E-state index >= 15 is 0 Å². The molecule has 4 rings (SSSR count). The summed E-state index contributed by atoms with van der Waals surface area (Å²) in [5, 5.41) is 3.48. The molecule has 0 aliphatic rings. The monoisotopic (exact) mass is 430 g/mol. The predicted octanol–water partition coefficient (Wildman–Crippen LogP) is 4.23. The van der Waals surface area contributed by atoms with E-state index in [0.717, 1.165) is 21.3 Å². The molecular weight excluding hydrogens is 416 g/mol. The molecule has 0 aliphatic heterocycles. The molecule has 0 spiro atoms. The molecule has 132 valence electrons. The number of aromatic nitrogens is 2. The van der Waals surface area contributed by atoms with E-state index in [1.165, 1.54) is 11.8 Å². The lowest BCUT2D eigenvalue weighted by Gasteiger charge is -2.05. The van der Waals surface area contributed by atoms with E-state index in [-0.39, 0.29) is 34.1 Å². The van der Waals surface area contributed by atoms with Crippen molar-refractivity contribution < 1.29 is 9.21 Å². The highest BCUT2D eigenvalue weighted by molar-refractivity contribution is 8.93. The van der Waals surface area contributed by atoms with Gasteiger partial charge in [0.15, 0.2) is 10.9 Å². The summed E-state index contributed by atoms with van der Waals surface area (Å²) in [6.07, 6.45) is 3.48. The SMILES string of the molecule is Br.Cn1ccnc1SCC(=O)c1cc2c(ccc3ccccc32)oc1=O. The fraction of sp³-hybridized carbons (Fsp3) is 0.105. The average molecular weight is 431 g/mol.